The van der Waals surface area contributed by atoms with Crippen LogP contribution in [-0.2, 0) is 4.74 Å². The number of carboxylic acid groups (broad SMARTS) is 1. The van der Waals surface area contributed by atoms with Gasteiger partial charge in [0.25, 0.3) is 0 Å². The standard InChI is InChI=1S/C23H21NO4/c1-2-28-22(24-20-14-12-19(13-15-20)23(26)27)21(25)18-10-8-17(9-11-18)16-6-4-3-5-7-16/h3-15,22,24H,2H2,1H3,(H,26,27). The van der Waals surface area contributed by atoms with Crippen molar-refractivity contribution in [2.45, 2.75) is 13.2 Å². The number of carbonyl (C=O) groups excluding carboxylic acids is 1. The molecule has 0 spiro atoms. The first kappa shape index (κ1) is 19.3. The monoisotopic (exact) mass is 375 g/mol. The third-order valence-corrected chi connectivity index (χ3v) is 4.28. The lowest BCUT2D eigenvalue weighted by Gasteiger charge is -2.19. The van der Waals surface area contributed by atoms with Crippen LogP contribution in [0.1, 0.15) is 27.6 Å². The molecule has 5 nitrogen and oxygen atoms in total. The summed E-state index contributed by atoms with van der Waals surface area (Å²) in [5, 5.41) is 12.0. The molecule has 0 radical (unpaired) electrons. The first-order chi connectivity index (χ1) is 13.6. The van der Waals surface area contributed by atoms with Crippen molar-refractivity contribution in [3.63, 3.8) is 0 Å². The third kappa shape index (κ3) is 4.64. The molecule has 28 heavy (non-hydrogen) atoms. The van der Waals surface area contributed by atoms with Gasteiger partial charge in [-0.2, -0.15) is 0 Å². The molecule has 0 bridgehead atoms. The lowest BCUT2D eigenvalue weighted by Crippen LogP contribution is -2.32. The molecule has 0 fully saturated rings. The largest absolute Gasteiger partial charge is 0.478 e. The van der Waals surface area contributed by atoms with E-state index >= 15 is 0 Å². The van der Waals surface area contributed by atoms with Crippen molar-refractivity contribution in [1.29, 1.82) is 0 Å². The molecule has 0 aliphatic carbocycles. The smallest absolute Gasteiger partial charge is 0.335 e. The van der Waals surface area contributed by atoms with Crippen molar-refractivity contribution in [1.82, 2.24) is 0 Å². The summed E-state index contributed by atoms with van der Waals surface area (Å²) < 4.78 is 5.58. The molecule has 3 aromatic rings. The average Bonchev–Trinajstić information content (AvgIpc) is 2.74. The molecule has 5 heteroatoms. The number of hydrogen-bond donors (Lipinski definition) is 2. The molecule has 142 valence electrons. The molecule has 0 aliphatic heterocycles. The van der Waals surface area contributed by atoms with Crippen LogP contribution in [-0.4, -0.2) is 29.7 Å². The van der Waals surface area contributed by atoms with Crippen LogP contribution in [0.5, 0.6) is 0 Å². The lowest BCUT2D eigenvalue weighted by atomic mass is 10.0. The van der Waals surface area contributed by atoms with Crippen molar-refractivity contribution in [2.75, 3.05) is 11.9 Å². The fourth-order valence-electron chi connectivity index (χ4n) is 2.82. The van der Waals surface area contributed by atoms with Crippen LogP contribution >= 0.6 is 0 Å². The molecule has 0 aliphatic rings. The Labute approximate surface area is 163 Å². The van der Waals surface area contributed by atoms with Gasteiger partial charge in [0.05, 0.1) is 5.56 Å². The summed E-state index contributed by atoms with van der Waals surface area (Å²) in [6.45, 7) is 2.17. The quantitative estimate of drug-likeness (QED) is 0.440. The highest BCUT2D eigenvalue weighted by Crippen LogP contribution is 2.20. The van der Waals surface area contributed by atoms with Gasteiger partial charge in [-0.25, -0.2) is 4.79 Å². The summed E-state index contributed by atoms with van der Waals surface area (Å²) in [5.41, 5.74) is 3.44. The van der Waals surface area contributed by atoms with Crippen LogP contribution in [0.4, 0.5) is 5.69 Å². The van der Waals surface area contributed by atoms with Gasteiger partial charge in [0.1, 0.15) is 0 Å². The second-order valence-corrected chi connectivity index (χ2v) is 6.17. The second kappa shape index (κ2) is 8.97. The minimum Gasteiger partial charge on any atom is -0.478 e. The first-order valence-electron chi connectivity index (χ1n) is 8.99. The molecule has 0 amide bonds. The number of benzene rings is 3. The van der Waals surface area contributed by atoms with Crippen LogP contribution in [0.25, 0.3) is 11.1 Å². The molecule has 0 aromatic heterocycles. The molecular formula is C23H21NO4. The van der Waals surface area contributed by atoms with E-state index in [-0.39, 0.29) is 11.3 Å². The Hall–Kier alpha value is -3.44. The number of rotatable bonds is 8. The van der Waals surface area contributed by atoms with Crippen molar-refractivity contribution < 1.29 is 19.4 Å². The van der Waals surface area contributed by atoms with E-state index in [0.717, 1.165) is 11.1 Å². The Kier molecular flexibility index (Phi) is 6.19. The van der Waals surface area contributed by atoms with Gasteiger partial charge >= 0.3 is 5.97 Å². The van der Waals surface area contributed by atoms with Crippen LogP contribution in [0.2, 0.25) is 0 Å². The maximum atomic E-state index is 12.9. The first-order valence-corrected chi connectivity index (χ1v) is 8.99. The number of ketones is 1. The Morgan fingerprint density at radius 3 is 2.00 bits per heavy atom. The third-order valence-electron chi connectivity index (χ3n) is 4.28. The summed E-state index contributed by atoms with van der Waals surface area (Å²) in [7, 11) is 0. The molecular weight excluding hydrogens is 354 g/mol. The summed E-state index contributed by atoms with van der Waals surface area (Å²) in [6.07, 6.45) is -0.858. The van der Waals surface area contributed by atoms with Crippen molar-refractivity contribution in [3.8, 4) is 11.1 Å². The average molecular weight is 375 g/mol. The van der Waals surface area contributed by atoms with Gasteiger partial charge in [0, 0.05) is 17.9 Å². The van der Waals surface area contributed by atoms with E-state index in [2.05, 4.69) is 5.32 Å². The maximum Gasteiger partial charge on any atom is 0.335 e. The molecule has 2 N–H and O–H groups in total. The van der Waals surface area contributed by atoms with E-state index in [4.69, 9.17) is 9.84 Å². The van der Waals surface area contributed by atoms with Gasteiger partial charge < -0.3 is 15.2 Å². The number of ether oxygens (including phenoxy) is 1. The van der Waals surface area contributed by atoms with E-state index < -0.39 is 12.2 Å². The Bertz CT molecular complexity index is 935. The van der Waals surface area contributed by atoms with Crippen LogP contribution in [0, 0.1) is 0 Å². The fraction of sp³-hybridized carbons (Fsp3) is 0.130. The molecule has 1 unspecified atom stereocenters. The van der Waals surface area contributed by atoms with Gasteiger partial charge in [0.15, 0.2) is 6.23 Å². The van der Waals surface area contributed by atoms with Crippen molar-refractivity contribution in [3.05, 3.63) is 90.0 Å². The van der Waals surface area contributed by atoms with Gasteiger partial charge in [0.2, 0.25) is 5.78 Å². The van der Waals surface area contributed by atoms with Crippen molar-refractivity contribution >= 4 is 17.4 Å². The predicted octanol–water partition coefficient (Wildman–Crippen LogP) is 4.71. The highest BCUT2D eigenvalue weighted by Gasteiger charge is 2.20. The highest BCUT2D eigenvalue weighted by molar-refractivity contribution is 6.01. The fourth-order valence-corrected chi connectivity index (χ4v) is 2.82. The molecule has 3 aromatic carbocycles. The molecule has 0 heterocycles. The zero-order chi connectivity index (χ0) is 19.9. The van der Waals surface area contributed by atoms with Crippen LogP contribution in [0.15, 0.2) is 78.9 Å². The van der Waals surface area contributed by atoms with Gasteiger partial charge in [-0.15, -0.1) is 0 Å². The number of anilines is 1. The summed E-state index contributed by atoms with van der Waals surface area (Å²) in [6, 6.07) is 23.5. The topological polar surface area (TPSA) is 75.6 Å². The predicted molar refractivity (Wildman–Crippen MR) is 109 cm³/mol. The highest BCUT2D eigenvalue weighted by atomic mass is 16.5. The van der Waals surface area contributed by atoms with E-state index in [1.165, 1.54) is 12.1 Å². The number of hydrogen-bond acceptors (Lipinski definition) is 4. The summed E-state index contributed by atoms with van der Waals surface area (Å²) in [5.74, 6) is -1.19. The Morgan fingerprint density at radius 2 is 1.43 bits per heavy atom. The number of carboxylic acids is 1. The number of nitrogens with one attached hydrogen (secondary N) is 1. The maximum absolute atomic E-state index is 12.9. The number of aromatic carboxylic acids is 1. The van der Waals surface area contributed by atoms with Gasteiger partial charge in [-0.3, -0.25) is 4.79 Å². The van der Waals surface area contributed by atoms with Gasteiger partial charge in [-0.1, -0.05) is 54.6 Å². The Balaban J connectivity index is 1.76. The van der Waals surface area contributed by atoms with Crippen molar-refractivity contribution in [2.24, 2.45) is 0 Å². The molecule has 0 saturated heterocycles. The lowest BCUT2D eigenvalue weighted by molar-refractivity contribution is 0.0549. The molecule has 3 rings (SSSR count). The van der Waals surface area contributed by atoms with Gasteiger partial charge in [-0.05, 0) is 42.3 Å². The van der Waals surface area contributed by atoms with E-state index in [1.54, 1.807) is 24.3 Å². The minimum absolute atomic E-state index is 0.182. The Morgan fingerprint density at radius 1 is 0.857 bits per heavy atom. The van der Waals surface area contributed by atoms with E-state index in [9.17, 15) is 9.59 Å². The number of carbonyl (C=O) groups is 2. The zero-order valence-corrected chi connectivity index (χ0v) is 15.5. The second-order valence-electron chi connectivity index (χ2n) is 6.17. The summed E-state index contributed by atoms with van der Waals surface area (Å²) in [4.78, 5) is 23.8. The van der Waals surface area contributed by atoms with E-state index in [1.807, 2.05) is 49.4 Å². The SMILES string of the molecule is CCOC(Nc1ccc(C(=O)O)cc1)C(=O)c1ccc(-c2ccccc2)cc1. The van der Waals surface area contributed by atoms with Crippen LogP contribution in [0.3, 0.4) is 0 Å². The minimum atomic E-state index is -0.998. The summed E-state index contributed by atoms with van der Waals surface area (Å²) >= 11 is 0. The molecule has 0 saturated carbocycles. The molecule has 1 atom stereocenters. The normalized spacial score (nSPS) is 11.6. The number of Topliss-reactive ketones (excluding diaryl/α,β-unsaturated/α-hetero) is 1. The van der Waals surface area contributed by atoms with E-state index in [0.29, 0.717) is 17.9 Å². The van der Waals surface area contributed by atoms with Crippen LogP contribution < -0.4 is 5.32 Å². The zero-order valence-electron chi connectivity index (χ0n) is 15.5.